The molecule has 206 valence electrons. The lowest BCUT2D eigenvalue weighted by atomic mass is 9.86. The van der Waals surface area contributed by atoms with Crippen molar-refractivity contribution in [1.82, 2.24) is 19.2 Å². The zero-order valence-corrected chi connectivity index (χ0v) is 22.7. The maximum absolute atomic E-state index is 13.7. The number of carbonyl (C=O) groups is 1. The van der Waals surface area contributed by atoms with Crippen molar-refractivity contribution in [2.24, 2.45) is 5.92 Å². The minimum atomic E-state index is -3.82. The van der Waals surface area contributed by atoms with Crippen LogP contribution in [-0.2, 0) is 22.2 Å². The summed E-state index contributed by atoms with van der Waals surface area (Å²) in [5.41, 5.74) is 1.71. The van der Waals surface area contributed by atoms with Crippen LogP contribution in [0.25, 0.3) is 11.0 Å². The highest BCUT2D eigenvalue weighted by atomic mass is 32.2. The normalized spacial score (nSPS) is 20.3. The van der Waals surface area contributed by atoms with Gasteiger partial charge in [-0.05, 0) is 49.8 Å². The van der Waals surface area contributed by atoms with Gasteiger partial charge >= 0.3 is 16.3 Å². The molecule has 37 heavy (non-hydrogen) atoms. The largest absolute Gasteiger partial charge is 0.465 e. The standard InChI is InChI=1S/C25H37F2N5O4S/c1-24(2,3)22-29-20-15-19(5-6-21(20)32(22)16-17-7-11-25(26,27)12-8-17)30(4)37(35,36)31-13-9-18(10-14-31)28-23(33)34/h5-6,15,17-18,28H,7-14,16H2,1-4H3,(H,33,34). The minimum absolute atomic E-state index is 0.0917. The third-order valence-corrected chi connectivity index (χ3v) is 9.42. The van der Waals surface area contributed by atoms with Gasteiger partial charge in [0, 0.05) is 51.0 Å². The van der Waals surface area contributed by atoms with E-state index >= 15 is 0 Å². The molecule has 0 unspecified atom stereocenters. The maximum atomic E-state index is 13.7. The van der Waals surface area contributed by atoms with Gasteiger partial charge in [0.25, 0.3) is 0 Å². The van der Waals surface area contributed by atoms with Crippen LogP contribution in [0.1, 0.15) is 65.1 Å². The highest BCUT2D eigenvalue weighted by Crippen LogP contribution is 2.38. The molecule has 1 amide bonds. The van der Waals surface area contributed by atoms with E-state index in [1.54, 1.807) is 12.1 Å². The second-order valence-corrected chi connectivity index (χ2v) is 13.3. The van der Waals surface area contributed by atoms with Crippen molar-refractivity contribution in [2.45, 2.75) is 83.2 Å². The van der Waals surface area contributed by atoms with Gasteiger partial charge in [-0.2, -0.15) is 12.7 Å². The second kappa shape index (κ2) is 10.0. The molecule has 12 heteroatoms. The Bertz CT molecular complexity index is 1240. The van der Waals surface area contributed by atoms with E-state index in [-0.39, 0.29) is 43.3 Å². The Balaban J connectivity index is 1.57. The molecule has 0 bridgehead atoms. The number of imidazole rings is 1. The summed E-state index contributed by atoms with van der Waals surface area (Å²) < 4.78 is 58.8. The molecule has 1 saturated carbocycles. The zero-order chi connectivity index (χ0) is 27.2. The van der Waals surface area contributed by atoms with Gasteiger partial charge in [0.05, 0.1) is 16.7 Å². The molecule has 2 aliphatic rings. The van der Waals surface area contributed by atoms with Gasteiger partial charge in [-0.25, -0.2) is 18.6 Å². The predicted octanol–water partition coefficient (Wildman–Crippen LogP) is 4.57. The first-order valence-corrected chi connectivity index (χ1v) is 14.2. The van der Waals surface area contributed by atoms with Gasteiger partial charge in [0.1, 0.15) is 5.82 Å². The van der Waals surface area contributed by atoms with E-state index in [0.29, 0.717) is 43.4 Å². The zero-order valence-electron chi connectivity index (χ0n) is 21.9. The second-order valence-electron chi connectivity index (χ2n) is 11.4. The lowest BCUT2D eigenvalue weighted by molar-refractivity contribution is -0.0473. The number of aromatic nitrogens is 2. The number of carboxylic acid groups (broad SMARTS) is 1. The topological polar surface area (TPSA) is 108 Å². The van der Waals surface area contributed by atoms with Gasteiger partial charge in [0.2, 0.25) is 5.92 Å². The van der Waals surface area contributed by atoms with E-state index in [4.69, 9.17) is 10.1 Å². The van der Waals surface area contributed by atoms with Gasteiger partial charge in [-0.3, -0.25) is 4.31 Å². The molecule has 2 heterocycles. The third kappa shape index (κ3) is 6.00. The van der Waals surface area contributed by atoms with Crippen LogP contribution in [0.4, 0.5) is 19.3 Å². The molecule has 1 saturated heterocycles. The highest BCUT2D eigenvalue weighted by Gasteiger charge is 2.36. The van der Waals surface area contributed by atoms with E-state index in [0.717, 1.165) is 11.3 Å². The Morgan fingerprint density at radius 3 is 2.38 bits per heavy atom. The summed E-state index contributed by atoms with van der Waals surface area (Å²) in [4.78, 5) is 15.8. The van der Waals surface area contributed by atoms with E-state index in [9.17, 15) is 22.0 Å². The van der Waals surface area contributed by atoms with Crippen LogP contribution < -0.4 is 9.62 Å². The number of piperidine rings is 1. The van der Waals surface area contributed by atoms with Crippen molar-refractivity contribution in [3.63, 3.8) is 0 Å². The maximum Gasteiger partial charge on any atom is 0.404 e. The van der Waals surface area contributed by atoms with Crippen LogP contribution in [0.15, 0.2) is 18.2 Å². The van der Waals surface area contributed by atoms with Crippen LogP contribution in [0.3, 0.4) is 0 Å². The Morgan fingerprint density at radius 2 is 1.81 bits per heavy atom. The molecule has 1 aromatic carbocycles. The first-order chi connectivity index (χ1) is 17.2. The minimum Gasteiger partial charge on any atom is -0.465 e. The van der Waals surface area contributed by atoms with Gasteiger partial charge in [0.15, 0.2) is 0 Å². The molecule has 2 fully saturated rings. The van der Waals surface area contributed by atoms with Gasteiger partial charge in [-0.1, -0.05) is 20.8 Å². The Kier molecular flexibility index (Phi) is 7.46. The highest BCUT2D eigenvalue weighted by molar-refractivity contribution is 7.90. The number of amides is 1. The Labute approximate surface area is 217 Å². The van der Waals surface area contributed by atoms with Gasteiger partial charge in [-0.15, -0.1) is 0 Å². The quantitative estimate of drug-likeness (QED) is 0.557. The van der Waals surface area contributed by atoms with Crippen molar-refractivity contribution in [3.05, 3.63) is 24.0 Å². The van der Waals surface area contributed by atoms with E-state index < -0.39 is 22.2 Å². The monoisotopic (exact) mass is 541 g/mol. The third-order valence-electron chi connectivity index (χ3n) is 7.50. The molecule has 0 atom stereocenters. The number of fused-ring (bicyclic) bond motifs is 1. The Morgan fingerprint density at radius 1 is 1.19 bits per heavy atom. The smallest absolute Gasteiger partial charge is 0.404 e. The molecule has 2 N–H and O–H groups in total. The number of benzene rings is 1. The van der Waals surface area contributed by atoms with Crippen LogP contribution in [0, 0.1) is 5.92 Å². The van der Waals surface area contributed by atoms with E-state index in [1.165, 1.54) is 15.7 Å². The number of hydrogen-bond acceptors (Lipinski definition) is 4. The van der Waals surface area contributed by atoms with Crippen molar-refractivity contribution in [3.8, 4) is 0 Å². The van der Waals surface area contributed by atoms with E-state index in [1.807, 2.05) is 6.07 Å². The summed E-state index contributed by atoms with van der Waals surface area (Å²) in [6, 6.07) is 5.10. The van der Waals surface area contributed by atoms with Crippen molar-refractivity contribution < 1.29 is 27.1 Å². The summed E-state index contributed by atoms with van der Waals surface area (Å²) >= 11 is 0. The van der Waals surface area contributed by atoms with Crippen molar-refractivity contribution in [2.75, 3.05) is 24.4 Å². The molecular formula is C25H37F2N5O4S. The molecule has 1 aliphatic heterocycles. The number of nitrogens with one attached hydrogen (secondary N) is 1. The molecule has 4 rings (SSSR count). The lowest BCUT2D eigenvalue weighted by Gasteiger charge is -2.34. The first kappa shape index (κ1) is 27.6. The lowest BCUT2D eigenvalue weighted by Crippen LogP contribution is -2.50. The number of anilines is 1. The summed E-state index contributed by atoms with van der Waals surface area (Å²) in [6.07, 6.45) is 0.455. The molecule has 0 spiro atoms. The molecule has 1 aromatic heterocycles. The van der Waals surface area contributed by atoms with Crippen molar-refractivity contribution >= 4 is 33.0 Å². The number of nitrogens with zero attached hydrogens (tertiary/aromatic N) is 4. The fourth-order valence-corrected chi connectivity index (χ4v) is 6.72. The van der Waals surface area contributed by atoms with Gasteiger partial charge < -0.3 is 15.0 Å². The number of halogens is 2. The average molecular weight is 542 g/mol. The molecule has 9 nitrogen and oxygen atoms in total. The summed E-state index contributed by atoms with van der Waals surface area (Å²) in [5.74, 6) is -1.59. The SMILES string of the molecule is CN(c1ccc2c(c1)nc(C(C)(C)C)n2CC1CCC(F)(F)CC1)S(=O)(=O)N1CCC(NC(=O)O)CC1. The number of alkyl halides is 2. The predicted molar refractivity (Wildman–Crippen MR) is 138 cm³/mol. The van der Waals surface area contributed by atoms with Crippen LogP contribution in [0.2, 0.25) is 0 Å². The molecular weight excluding hydrogens is 504 g/mol. The number of hydrogen-bond donors (Lipinski definition) is 2. The molecule has 2 aromatic rings. The molecule has 0 radical (unpaired) electrons. The summed E-state index contributed by atoms with van der Waals surface area (Å²) in [6.45, 7) is 7.22. The fraction of sp³-hybridized carbons (Fsp3) is 0.680. The molecule has 1 aliphatic carbocycles. The van der Waals surface area contributed by atoms with Crippen LogP contribution >= 0.6 is 0 Å². The van der Waals surface area contributed by atoms with Crippen LogP contribution in [0.5, 0.6) is 0 Å². The van der Waals surface area contributed by atoms with E-state index in [2.05, 4.69) is 30.7 Å². The Hall–Kier alpha value is -2.47. The summed E-state index contributed by atoms with van der Waals surface area (Å²) in [5, 5.41) is 11.3. The number of rotatable bonds is 6. The van der Waals surface area contributed by atoms with Crippen molar-refractivity contribution in [1.29, 1.82) is 0 Å². The summed E-state index contributed by atoms with van der Waals surface area (Å²) in [7, 11) is -2.31. The first-order valence-electron chi connectivity index (χ1n) is 12.8. The van der Waals surface area contributed by atoms with Crippen LogP contribution in [-0.4, -0.2) is 65.6 Å². The fourth-order valence-electron chi connectivity index (χ4n) is 5.32. The average Bonchev–Trinajstić information content (AvgIpc) is 3.18.